The van der Waals surface area contributed by atoms with Crippen molar-refractivity contribution in [3.63, 3.8) is 0 Å². The minimum Gasteiger partial charge on any atom is -0.465 e. The zero-order valence-electron chi connectivity index (χ0n) is 11.6. The van der Waals surface area contributed by atoms with Gasteiger partial charge in [-0.25, -0.2) is 4.39 Å². The summed E-state index contributed by atoms with van der Waals surface area (Å²) in [5.41, 5.74) is 6.53. The van der Waals surface area contributed by atoms with Crippen molar-refractivity contribution in [1.29, 1.82) is 0 Å². The number of carbonyl (C=O) groups excluding carboxylic acids is 1. The number of nitrogens with two attached hydrogens (primary N) is 1. The molecule has 0 aliphatic carbocycles. The molecule has 2 N–H and O–H groups in total. The van der Waals surface area contributed by atoms with Crippen molar-refractivity contribution in [1.82, 2.24) is 4.90 Å². The topological polar surface area (TPSA) is 58.8 Å². The normalized spacial score (nSPS) is 16.2. The Morgan fingerprint density at radius 1 is 1.35 bits per heavy atom. The number of nitrogen functional groups attached to an aromatic ring is 1. The summed E-state index contributed by atoms with van der Waals surface area (Å²) >= 11 is 0. The molecule has 0 unspecified atom stereocenters. The van der Waals surface area contributed by atoms with Gasteiger partial charge in [-0.05, 0) is 25.1 Å². The number of carbonyl (C=O) groups is 1. The lowest BCUT2D eigenvalue weighted by molar-refractivity contribution is -0.144. The van der Waals surface area contributed by atoms with Gasteiger partial charge < -0.3 is 15.4 Å². The highest BCUT2D eigenvalue weighted by molar-refractivity contribution is 5.71. The molecule has 0 spiro atoms. The molecular formula is C14H20FN3O2. The Balaban J connectivity index is 1.89. The highest BCUT2D eigenvalue weighted by Crippen LogP contribution is 2.22. The van der Waals surface area contributed by atoms with Crippen LogP contribution in [0.1, 0.15) is 6.92 Å². The molecule has 1 aromatic rings. The zero-order valence-corrected chi connectivity index (χ0v) is 11.6. The van der Waals surface area contributed by atoms with Crippen molar-refractivity contribution in [3.05, 3.63) is 24.0 Å². The van der Waals surface area contributed by atoms with Crippen LogP contribution in [0, 0.1) is 5.82 Å². The van der Waals surface area contributed by atoms with Crippen LogP contribution >= 0.6 is 0 Å². The molecule has 6 heteroatoms. The van der Waals surface area contributed by atoms with Crippen molar-refractivity contribution in [2.75, 3.05) is 50.0 Å². The van der Waals surface area contributed by atoms with Gasteiger partial charge in [-0.2, -0.15) is 0 Å². The molecule has 1 aliphatic rings. The molecule has 5 nitrogen and oxygen atoms in total. The second kappa shape index (κ2) is 6.56. The Hall–Kier alpha value is -1.82. The lowest BCUT2D eigenvalue weighted by atomic mass is 10.2. The third-order valence-corrected chi connectivity index (χ3v) is 3.34. The Kier molecular flexibility index (Phi) is 4.79. The van der Waals surface area contributed by atoms with E-state index in [9.17, 15) is 9.18 Å². The van der Waals surface area contributed by atoms with Crippen LogP contribution in [0.5, 0.6) is 0 Å². The first-order valence-corrected chi connectivity index (χ1v) is 6.78. The fraction of sp³-hybridized carbons (Fsp3) is 0.500. The number of esters is 1. The largest absolute Gasteiger partial charge is 0.465 e. The minimum absolute atomic E-state index is 0.209. The van der Waals surface area contributed by atoms with Gasteiger partial charge in [0.25, 0.3) is 0 Å². The molecule has 0 bridgehead atoms. The number of nitrogens with zero attached hydrogens (tertiary/aromatic N) is 2. The van der Waals surface area contributed by atoms with E-state index in [1.807, 2.05) is 9.80 Å². The second-order valence-corrected chi connectivity index (χ2v) is 4.78. The Morgan fingerprint density at radius 2 is 2.05 bits per heavy atom. The van der Waals surface area contributed by atoms with Crippen molar-refractivity contribution in [3.8, 4) is 0 Å². The van der Waals surface area contributed by atoms with Gasteiger partial charge in [0, 0.05) is 31.9 Å². The average Bonchev–Trinajstić information content (AvgIpc) is 2.40. The molecule has 110 valence electrons. The van der Waals surface area contributed by atoms with Crippen LogP contribution in [0.2, 0.25) is 0 Å². The van der Waals surface area contributed by atoms with Crippen molar-refractivity contribution >= 4 is 17.3 Å². The number of halogens is 1. The first-order chi connectivity index (χ1) is 9.60. The fourth-order valence-electron chi connectivity index (χ4n) is 2.32. The van der Waals surface area contributed by atoms with E-state index >= 15 is 0 Å². The van der Waals surface area contributed by atoms with E-state index in [1.54, 1.807) is 19.1 Å². The molecular weight excluding hydrogens is 261 g/mol. The van der Waals surface area contributed by atoms with E-state index in [-0.39, 0.29) is 11.8 Å². The SMILES string of the molecule is CCOC(=O)CN1CCN(c2ccc(N)cc2F)CC1. The number of rotatable bonds is 4. The molecule has 20 heavy (non-hydrogen) atoms. The summed E-state index contributed by atoms with van der Waals surface area (Å²) < 4.78 is 18.8. The van der Waals surface area contributed by atoms with Gasteiger partial charge in [0.15, 0.2) is 0 Å². The highest BCUT2D eigenvalue weighted by atomic mass is 19.1. The first-order valence-electron chi connectivity index (χ1n) is 6.78. The highest BCUT2D eigenvalue weighted by Gasteiger charge is 2.21. The van der Waals surface area contributed by atoms with E-state index in [4.69, 9.17) is 10.5 Å². The van der Waals surface area contributed by atoms with Crippen LogP contribution in [0.15, 0.2) is 18.2 Å². The van der Waals surface area contributed by atoms with E-state index in [1.165, 1.54) is 6.07 Å². The van der Waals surface area contributed by atoms with Crippen molar-refractivity contribution < 1.29 is 13.9 Å². The Morgan fingerprint density at radius 3 is 2.65 bits per heavy atom. The molecule has 1 heterocycles. The smallest absolute Gasteiger partial charge is 0.320 e. The predicted molar refractivity (Wildman–Crippen MR) is 76.1 cm³/mol. The zero-order chi connectivity index (χ0) is 14.5. The van der Waals surface area contributed by atoms with Crippen LogP contribution in [0.4, 0.5) is 15.8 Å². The third-order valence-electron chi connectivity index (χ3n) is 3.34. The predicted octanol–water partition coefficient (Wildman–Crippen LogP) is 1.09. The maximum absolute atomic E-state index is 13.8. The van der Waals surface area contributed by atoms with Gasteiger partial charge in [-0.1, -0.05) is 0 Å². The van der Waals surface area contributed by atoms with E-state index in [0.29, 0.717) is 50.7 Å². The summed E-state index contributed by atoms with van der Waals surface area (Å²) in [6, 6.07) is 4.73. The van der Waals surface area contributed by atoms with Crippen molar-refractivity contribution in [2.45, 2.75) is 6.92 Å². The Labute approximate surface area is 118 Å². The van der Waals surface area contributed by atoms with Crippen LogP contribution < -0.4 is 10.6 Å². The van der Waals surface area contributed by atoms with Gasteiger partial charge in [0.2, 0.25) is 0 Å². The fourth-order valence-corrected chi connectivity index (χ4v) is 2.32. The maximum Gasteiger partial charge on any atom is 0.320 e. The lowest BCUT2D eigenvalue weighted by Crippen LogP contribution is -2.48. The number of anilines is 2. The van der Waals surface area contributed by atoms with Gasteiger partial charge in [-0.3, -0.25) is 9.69 Å². The summed E-state index contributed by atoms with van der Waals surface area (Å²) in [7, 11) is 0. The van der Waals surface area contributed by atoms with E-state index < -0.39 is 0 Å². The van der Waals surface area contributed by atoms with Crippen LogP contribution in [0.25, 0.3) is 0 Å². The van der Waals surface area contributed by atoms with Crippen LogP contribution in [-0.4, -0.2) is 50.2 Å². The molecule has 0 aromatic heterocycles. The van der Waals surface area contributed by atoms with E-state index in [0.717, 1.165) is 0 Å². The average molecular weight is 281 g/mol. The molecule has 2 rings (SSSR count). The molecule has 1 aromatic carbocycles. The number of hydrogen-bond donors (Lipinski definition) is 1. The second-order valence-electron chi connectivity index (χ2n) is 4.78. The summed E-state index contributed by atoms with van der Waals surface area (Å²) in [6.45, 7) is 5.27. The number of hydrogen-bond acceptors (Lipinski definition) is 5. The summed E-state index contributed by atoms with van der Waals surface area (Å²) in [6.07, 6.45) is 0. The van der Waals surface area contributed by atoms with Gasteiger partial charge >= 0.3 is 5.97 Å². The molecule has 0 atom stereocenters. The minimum atomic E-state index is -0.302. The molecule has 1 saturated heterocycles. The van der Waals surface area contributed by atoms with Crippen LogP contribution in [0.3, 0.4) is 0 Å². The quantitative estimate of drug-likeness (QED) is 0.661. The molecule has 0 amide bonds. The lowest BCUT2D eigenvalue weighted by Gasteiger charge is -2.35. The number of piperazine rings is 1. The van der Waals surface area contributed by atoms with Crippen LogP contribution in [-0.2, 0) is 9.53 Å². The maximum atomic E-state index is 13.8. The van der Waals surface area contributed by atoms with Gasteiger partial charge in [0.1, 0.15) is 5.82 Å². The molecule has 0 saturated carbocycles. The molecule has 1 fully saturated rings. The summed E-state index contributed by atoms with van der Waals surface area (Å²) in [4.78, 5) is 15.4. The number of benzene rings is 1. The number of ether oxygens (including phenoxy) is 1. The molecule has 0 radical (unpaired) electrons. The van der Waals surface area contributed by atoms with E-state index in [2.05, 4.69) is 0 Å². The Bertz CT molecular complexity index is 473. The standard InChI is InChI=1S/C14H20FN3O2/c1-2-20-14(19)10-17-5-7-18(8-6-17)13-4-3-11(16)9-12(13)15/h3-4,9H,2,5-8,10,16H2,1H3. The van der Waals surface area contributed by atoms with Crippen molar-refractivity contribution in [2.24, 2.45) is 0 Å². The molecule has 1 aliphatic heterocycles. The first kappa shape index (κ1) is 14.6. The monoisotopic (exact) mass is 281 g/mol. The van der Waals surface area contributed by atoms with Gasteiger partial charge in [-0.15, -0.1) is 0 Å². The van der Waals surface area contributed by atoms with Gasteiger partial charge in [0.05, 0.1) is 18.8 Å². The summed E-state index contributed by atoms with van der Waals surface area (Å²) in [5, 5.41) is 0. The summed E-state index contributed by atoms with van der Waals surface area (Å²) in [5.74, 6) is -0.511. The third kappa shape index (κ3) is 3.60.